The van der Waals surface area contributed by atoms with Crippen LogP contribution in [0.4, 0.5) is 5.69 Å². The lowest BCUT2D eigenvalue weighted by molar-refractivity contribution is 0.0526. The molecule has 0 aliphatic carbocycles. The number of hydrogen-bond acceptors (Lipinski definition) is 4. The summed E-state index contributed by atoms with van der Waals surface area (Å²) in [7, 11) is 0. The molecule has 0 heterocycles. The Hall–Kier alpha value is -2.60. The molecule has 2 aromatic rings. The third kappa shape index (κ3) is 6.04. The second kappa shape index (κ2) is 9.77. The number of carbonyl (C=O) groups is 1. The average Bonchev–Trinajstić information content (AvgIpc) is 2.61. The first-order valence-corrected chi connectivity index (χ1v) is 8.93. The summed E-state index contributed by atoms with van der Waals surface area (Å²) in [5.41, 5.74) is 2.30. The number of rotatable bonds is 7. The maximum absolute atomic E-state index is 11.8. The molecule has 2 aromatic carbocycles. The van der Waals surface area contributed by atoms with E-state index in [0.29, 0.717) is 23.9 Å². The van der Waals surface area contributed by atoms with E-state index in [9.17, 15) is 4.79 Å². The fourth-order valence-corrected chi connectivity index (χ4v) is 2.62. The van der Waals surface area contributed by atoms with Crippen LogP contribution in [-0.2, 0) is 4.74 Å². The molecule has 5 nitrogen and oxygen atoms in total. The van der Waals surface area contributed by atoms with Crippen LogP contribution in [0.5, 0.6) is 5.75 Å². The third-order valence-electron chi connectivity index (χ3n) is 3.59. The van der Waals surface area contributed by atoms with Gasteiger partial charge in [-0.05, 0) is 62.8 Å². The Morgan fingerprint density at radius 1 is 1.19 bits per heavy atom. The van der Waals surface area contributed by atoms with Crippen LogP contribution in [0, 0.1) is 6.92 Å². The topological polar surface area (TPSA) is 59.6 Å². The van der Waals surface area contributed by atoms with Crippen molar-refractivity contribution < 1.29 is 14.3 Å². The zero-order valence-electron chi connectivity index (χ0n) is 15.2. The summed E-state index contributed by atoms with van der Waals surface area (Å²) in [5, 5.41) is 6.71. The molecule has 1 unspecified atom stereocenters. The summed E-state index contributed by atoms with van der Waals surface area (Å²) >= 11 is 5.34. The number of aryl methyl sites for hydroxylation is 1. The molecule has 0 spiro atoms. The van der Waals surface area contributed by atoms with Gasteiger partial charge in [0.25, 0.3) is 0 Å². The highest BCUT2D eigenvalue weighted by molar-refractivity contribution is 7.80. The molecule has 0 aliphatic rings. The standard InChI is InChI=1S/C20H24N2O3S/c1-4-24-19(23)16-9-7-10-17(12-16)22-20(26)21-15(3)13-25-18-11-6-5-8-14(18)2/h5-12,15H,4,13H2,1-3H3,(H2,21,22,26). The maximum atomic E-state index is 11.8. The fourth-order valence-electron chi connectivity index (χ4n) is 2.30. The Morgan fingerprint density at radius 2 is 1.96 bits per heavy atom. The minimum Gasteiger partial charge on any atom is -0.491 e. The van der Waals surface area contributed by atoms with Crippen LogP contribution in [0.3, 0.4) is 0 Å². The van der Waals surface area contributed by atoms with Gasteiger partial charge in [-0.25, -0.2) is 4.79 Å². The summed E-state index contributed by atoms with van der Waals surface area (Å²) in [6.07, 6.45) is 0. The molecule has 2 N–H and O–H groups in total. The normalized spacial score (nSPS) is 11.3. The van der Waals surface area contributed by atoms with Gasteiger partial charge in [0.05, 0.1) is 18.2 Å². The van der Waals surface area contributed by atoms with Crippen LogP contribution in [0.25, 0.3) is 0 Å². The number of para-hydroxylation sites is 1. The molecule has 0 aromatic heterocycles. The summed E-state index contributed by atoms with van der Waals surface area (Å²) in [6, 6.07) is 14.9. The van der Waals surface area contributed by atoms with Crippen LogP contribution in [0.2, 0.25) is 0 Å². The number of anilines is 1. The molecule has 0 radical (unpaired) electrons. The van der Waals surface area contributed by atoms with Crippen molar-refractivity contribution in [3.05, 3.63) is 59.7 Å². The SMILES string of the molecule is CCOC(=O)c1cccc(NC(=S)NC(C)COc2ccccc2C)c1. The number of carbonyl (C=O) groups excluding carboxylic acids is 1. The lowest BCUT2D eigenvalue weighted by Gasteiger charge is -2.18. The first-order chi connectivity index (χ1) is 12.5. The molecule has 0 saturated carbocycles. The maximum Gasteiger partial charge on any atom is 0.338 e. The van der Waals surface area contributed by atoms with Gasteiger partial charge in [-0.2, -0.15) is 0 Å². The predicted molar refractivity (Wildman–Crippen MR) is 108 cm³/mol. The van der Waals surface area contributed by atoms with E-state index in [-0.39, 0.29) is 12.0 Å². The van der Waals surface area contributed by atoms with Gasteiger partial charge in [-0.15, -0.1) is 0 Å². The highest BCUT2D eigenvalue weighted by atomic mass is 32.1. The van der Waals surface area contributed by atoms with Crippen LogP contribution in [0.15, 0.2) is 48.5 Å². The Bertz CT molecular complexity index is 764. The van der Waals surface area contributed by atoms with Crippen molar-refractivity contribution >= 4 is 29.0 Å². The van der Waals surface area contributed by atoms with Crippen LogP contribution < -0.4 is 15.4 Å². The number of nitrogens with one attached hydrogen (secondary N) is 2. The second-order valence-corrected chi connectivity index (χ2v) is 6.29. The molecule has 0 aliphatic heterocycles. The highest BCUT2D eigenvalue weighted by Crippen LogP contribution is 2.16. The van der Waals surface area contributed by atoms with E-state index in [0.717, 1.165) is 17.0 Å². The number of ether oxygens (including phenoxy) is 2. The van der Waals surface area contributed by atoms with Gasteiger partial charge in [0, 0.05) is 5.69 Å². The molecule has 0 fully saturated rings. The van der Waals surface area contributed by atoms with Gasteiger partial charge in [0.1, 0.15) is 12.4 Å². The second-order valence-electron chi connectivity index (χ2n) is 5.88. The summed E-state index contributed by atoms with van der Waals surface area (Å²) in [5.74, 6) is 0.511. The van der Waals surface area contributed by atoms with Crippen LogP contribution in [-0.4, -0.2) is 30.3 Å². The molecule has 2 rings (SSSR count). The lowest BCUT2D eigenvalue weighted by atomic mass is 10.2. The zero-order chi connectivity index (χ0) is 18.9. The number of esters is 1. The van der Waals surface area contributed by atoms with Crippen molar-refractivity contribution in [2.24, 2.45) is 0 Å². The third-order valence-corrected chi connectivity index (χ3v) is 3.81. The molecule has 1 atom stereocenters. The zero-order valence-corrected chi connectivity index (χ0v) is 16.1. The van der Waals surface area contributed by atoms with E-state index in [1.165, 1.54) is 0 Å². The molecular weight excluding hydrogens is 348 g/mol. The lowest BCUT2D eigenvalue weighted by Crippen LogP contribution is -2.39. The van der Waals surface area contributed by atoms with E-state index < -0.39 is 0 Å². The van der Waals surface area contributed by atoms with E-state index >= 15 is 0 Å². The van der Waals surface area contributed by atoms with Gasteiger partial charge in [-0.1, -0.05) is 24.3 Å². The monoisotopic (exact) mass is 372 g/mol. The van der Waals surface area contributed by atoms with Crippen molar-refractivity contribution in [2.45, 2.75) is 26.8 Å². The van der Waals surface area contributed by atoms with Gasteiger partial charge in [0.15, 0.2) is 5.11 Å². The quantitative estimate of drug-likeness (QED) is 0.567. The van der Waals surface area contributed by atoms with Gasteiger partial charge < -0.3 is 20.1 Å². The van der Waals surface area contributed by atoms with Crippen molar-refractivity contribution in [2.75, 3.05) is 18.5 Å². The molecule has 0 amide bonds. The highest BCUT2D eigenvalue weighted by Gasteiger charge is 2.09. The molecule has 6 heteroatoms. The molecule has 0 saturated heterocycles. The van der Waals surface area contributed by atoms with E-state index in [2.05, 4.69) is 10.6 Å². The van der Waals surface area contributed by atoms with Crippen LogP contribution in [0.1, 0.15) is 29.8 Å². The first kappa shape index (κ1) is 19.7. The van der Waals surface area contributed by atoms with E-state index in [1.807, 2.05) is 44.2 Å². The smallest absolute Gasteiger partial charge is 0.338 e. The Kier molecular flexibility index (Phi) is 7.41. The molecule has 138 valence electrons. The number of benzene rings is 2. The molecule has 26 heavy (non-hydrogen) atoms. The average molecular weight is 372 g/mol. The fraction of sp³-hybridized carbons (Fsp3) is 0.300. The van der Waals surface area contributed by atoms with Crippen molar-refractivity contribution in [3.63, 3.8) is 0 Å². The van der Waals surface area contributed by atoms with Crippen molar-refractivity contribution in [3.8, 4) is 5.75 Å². The summed E-state index contributed by atoms with van der Waals surface area (Å²) < 4.78 is 10.8. The van der Waals surface area contributed by atoms with Crippen molar-refractivity contribution in [1.29, 1.82) is 0 Å². The van der Waals surface area contributed by atoms with Crippen molar-refractivity contribution in [1.82, 2.24) is 5.32 Å². The van der Waals surface area contributed by atoms with Gasteiger partial charge in [0.2, 0.25) is 0 Å². The Morgan fingerprint density at radius 3 is 2.69 bits per heavy atom. The minimum atomic E-state index is -0.352. The number of hydrogen-bond donors (Lipinski definition) is 2. The summed E-state index contributed by atoms with van der Waals surface area (Å²) in [4.78, 5) is 11.8. The summed E-state index contributed by atoms with van der Waals surface area (Å²) in [6.45, 7) is 6.60. The Labute approximate surface area is 159 Å². The molecular formula is C20H24N2O3S. The largest absolute Gasteiger partial charge is 0.491 e. The molecule has 0 bridgehead atoms. The minimum absolute atomic E-state index is 0.0165. The first-order valence-electron chi connectivity index (χ1n) is 8.52. The van der Waals surface area contributed by atoms with E-state index in [4.69, 9.17) is 21.7 Å². The van der Waals surface area contributed by atoms with Gasteiger partial charge >= 0.3 is 5.97 Å². The van der Waals surface area contributed by atoms with Crippen LogP contribution >= 0.6 is 12.2 Å². The predicted octanol–water partition coefficient (Wildman–Crippen LogP) is 3.93. The van der Waals surface area contributed by atoms with E-state index in [1.54, 1.807) is 25.1 Å². The number of thiocarbonyl (C=S) groups is 1. The van der Waals surface area contributed by atoms with Gasteiger partial charge in [-0.3, -0.25) is 0 Å². The Balaban J connectivity index is 1.85.